The van der Waals surface area contributed by atoms with Gasteiger partial charge in [0.25, 0.3) is 0 Å². The van der Waals surface area contributed by atoms with E-state index in [1.165, 1.54) is 18.2 Å². The van der Waals surface area contributed by atoms with E-state index in [-0.39, 0.29) is 5.78 Å². The molecule has 0 unspecified atom stereocenters. The van der Waals surface area contributed by atoms with Crippen LogP contribution in [0.1, 0.15) is 13.8 Å². The maximum atomic E-state index is 10.7. The molecule has 0 saturated heterocycles. The summed E-state index contributed by atoms with van der Waals surface area (Å²) in [7, 11) is 0. The Balaban J connectivity index is 3.99. The van der Waals surface area contributed by atoms with Crippen LogP contribution in [0.4, 0.5) is 0 Å². The molecule has 0 aromatic carbocycles. The lowest BCUT2D eigenvalue weighted by atomic mass is 10.2. The molecule has 0 aromatic heterocycles. The van der Waals surface area contributed by atoms with Crippen molar-refractivity contribution in [1.82, 2.24) is 0 Å². The van der Waals surface area contributed by atoms with Crippen molar-refractivity contribution >= 4 is 12.1 Å². The van der Waals surface area contributed by atoms with Gasteiger partial charge in [0.2, 0.25) is 0 Å². The zero-order valence-electron chi connectivity index (χ0n) is 6.13. The quantitative estimate of drug-likeness (QED) is 0.435. The lowest BCUT2D eigenvalue weighted by Gasteiger charge is -1.83. The van der Waals surface area contributed by atoms with E-state index in [0.717, 1.165) is 5.57 Å². The highest BCUT2D eigenvalue weighted by Crippen LogP contribution is 1.89. The van der Waals surface area contributed by atoms with E-state index in [9.17, 15) is 9.59 Å². The monoisotopic (exact) mass is 138 g/mol. The predicted molar refractivity (Wildman–Crippen MR) is 39.6 cm³/mol. The van der Waals surface area contributed by atoms with E-state index in [2.05, 4.69) is 0 Å². The van der Waals surface area contributed by atoms with Gasteiger partial charge in [0.05, 0.1) is 0 Å². The molecule has 0 amide bonds. The zero-order chi connectivity index (χ0) is 7.98. The van der Waals surface area contributed by atoms with Gasteiger partial charge in [0, 0.05) is 0 Å². The lowest BCUT2D eigenvalue weighted by Crippen LogP contribution is -1.85. The van der Waals surface area contributed by atoms with Crippen LogP contribution < -0.4 is 0 Å². The van der Waals surface area contributed by atoms with Crippen molar-refractivity contribution in [2.24, 2.45) is 0 Å². The van der Waals surface area contributed by atoms with Gasteiger partial charge in [-0.15, -0.1) is 0 Å². The van der Waals surface area contributed by atoms with Crippen LogP contribution in [0.5, 0.6) is 0 Å². The average Bonchev–Trinajstić information content (AvgIpc) is 1.82. The van der Waals surface area contributed by atoms with Gasteiger partial charge in [-0.25, -0.2) is 0 Å². The third-order valence-corrected chi connectivity index (χ3v) is 0.770. The van der Waals surface area contributed by atoms with Crippen LogP contribution in [0.3, 0.4) is 0 Å². The van der Waals surface area contributed by atoms with Crippen LogP contribution in [0, 0.1) is 0 Å². The maximum absolute atomic E-state index is 10.7. The second kappa shape index (κ2) is 4.68. The molecule has 0 atom stereocenters. The van der Waals surface area contributed by atoms with E-state index in [1.807, 2.05) is 13.8 Å². The standard InChI is InChI=1S/C8H10O2/c1-7(2)6-8(10)4-3-5-9/h3-6H,1-2H3. The smallest absolute Gasteiger partial charge is 0.178 e. The van der Waals surface area contributed by atoms with Gasteiger partial charge in [-0.1, -0.05) is 5.57 Å². The first-order valence-electron chi connectivity index (χ1n) is 2.97. The van der Waals surface area contributed by atoms with Crippen molar-refractivity contribution < 1.29 is 9.59 Å². The van der Waals surface area contributed by atoms with Crippen LogP contribution in [-0.2, 0) is 9.59 Å². The molecule has 0 aliphatic carbocycles. The Morgan fingerprint density at radius 3 is 2.30 bits per heavy atom. The molecule has 0 aliphatic rings. The summed E-state index contributed by atoms with van der Waals surface area (Å²) in [5, 5.41) is 0. The molecule has 0 spiro atoms. The fourth-order valence-corrected chi connectivity index (χ4v) is 0.467. The Morgan fingerprint density at radius 1 is 1.30 bits per heavy atom. The number of carbonyl (C=O) groups is 2. The van der Waals surface area contributed by atoms with Gasteiger partial charge in [-0.3, -0.25) is 9.59 Å². The van der Waals surface area contributed by atoms with Gasteiger partial charge in [0.15, 0.2) is 5.78 Å². The molecule has 2 nitrogen and oxygen atoms in total. The van der Waals surface area contributed by atoms with Crippen LogP contribution in [0.25, 0.3) is 0 Å². The molecule has 0 N–H and O–H groups in total. The molecular weight excluding hydrogens is 128 g/mol. The maximum Gasteiger partial charge on any atom is 0.178 e. The highest BCUT2D eigenvalue weighted by atomic mass is 16.1. The Kier molecular flexibility index (Phi) is 4.12. The molecule has 0 aromatic rings. The third kappa shape index (κ3) is 4.97. The summed E-state index contributed by atoms with van der Waals surface area (Å²) in [6.45, 7) is 3.65. The molecule has 0 heterocycles. The van der Waals surface area contributed by atoms with E-state index >= 15 is 0 Å². The number of aldehydes is 1. The van der Waals surface area contributed by atoms with E-state index in [4.69, 9.17) is 0 Å². The Hall–Kier alpha value is -1.18. The van der Waals surface area contributed by atoms with Crippen molar-refractivity contribution in [2.75, 3.05) is 0 Å². The fourth-order valence-electron chi connectivity index (χ4n) is 0.467. The van der Waals surface area contributed by atoms with Crippen LogP contribution in [0.15, 0.2) is 23.8 Å². The minimum absolute atomic E-state index is 0.146. The molecule has 0 saturated carbocycles. The lowest BCUT2D eigenvalue weighted by molar-refractivity contribution is -0.111. The highest BCUT2D eigenvalue weighted by Gasteiger charge is 1.87. The fraction of sp³-hybridized carbons (Fsp3) is 0.250. The van der Waals surface area contributed by atoms with Gasteiger partial charge in [-0.2, -0.15) is 0 Å². The SMILES string of the molecule is CC(C)=CC(=O)C=CC=O. The third-order valence-electron chi connectivity index (χ3n) is 0.770. The molecule has 0 rings (SSSR count). The minimum Gasteiger partial charge on any atom is -0.299 e. The Bertz CT molecular complexity index is 183. The van der Waals surface area contributed by atoms with Crippen LogP contribution in [-0.4, -0.2) is 12.1 Å². The van der Waals surface area contributed by atoms with E-state index in [1.54, 1.807) is 0 Å². The molecule has 0 radical (unpaired) electrons. The molecule has 0 fully saturated rings. The van der Waals surface area contributed by atoms with Crippen LogP contribution >= 0.6 is 0 Å². The summed E-state index contributed by atoms with van der Waals surface area (Å²) in [4.78, 5) is 20.4. The number of hydrogen-bond acceptors (Lipinski definition) is 2. The first-order chi connectivity index (χ1) is 4.66. The Morgan fingerprint density at radius 2 is 1.90 bits per heavy atom. The number of ketones is 1. The minimum atomic E-state index is -0.146. The number of hydrogen-bond donors (Lipinski definition) is 0. The van der Waals surface area contributed by atoms with Gasteiger partial charge < -0.3 is 0 Å². The molecule has 0 bridgehead atoms. The second-order valence-electron chi connectivity index (χ2n) is 2.12. The first kappa shape index (κ1) is 8.82. The zero-order valence-corrected chi connectivity index (χ0v) is 6.13. The highest BCUT2D eigenvalue weighted by molar-refractivity contribution is 6.01. The van der Waals surface area contributed by atoms with Crippen LogP contribution in [0.2, 0.25) is 0 Å². The normalized spacial score (nSPS) is 9.40. The van der Waals surface area contributed by atoms with Gasteiger partial charge in [-0.05, 0) is 32.1 Å². The van der Waals surface area contributed by atoms with E-state index in [0.29, 0.717) is 6.29 Å². The van der Waals surface area contributed by atoms with E-state index < -0.39 is 0 Å². The predicted octanol–water partition coefficient (Wildman–Crippen LogP) is 1.28. The summed E-state index contributed by atoms with van der Waals surface area (Å²) >= 11 is 0. The first-order valence-corrected chi connectivity index (χ1v) is 2.97. The van der Waals surface area contributed by atoms with Gasteiger partial charge in [0.1, 0.15) is 6.29 Å². The average molecular weight is 138 g/mol. The summed E-state index contributed by atoms with van der Waals surface area (Å²) in [5.74, 6) is -0.146. The largest absolute Gasteiger partial charge is 0.299 e. The van der Waals surface area contributed by atoms with Crippen molar-refractivity contribution in [2.45, 2.75) is 13.8 Å². The summed E-state index contributed by atoms with van der Waals surface area (Å²) in [6, 6.07) is 0. The number of rotatable bonds is 3. The molecule has 0 aliphatic heterocycles. The molecule has 54 valence electrons. The molecule has 10 heavy (non-hydrogen) atoms. The number of carbonyl (C=O) groups excluding carboxylic acids is 2. The molecule has 2 heteroatoms. The topological polar surface area (TPSA) is 34.1 Å². The van der Waals surface area contributed by atoms with Crippen molar-refractivity contribution in [3.8, 4) is 0 Å². The van der Waals surface area contributed by atoms with Gasteiger partial charge >= 0.3 is 0 Å². The number of allylic oxidation sites excluding steroid dienone is 4. The second-order valence-corrected chi connectivity index (χ2v) is 2.12. The van der Waals surface area contributed by atoms with Crippen molar-refractivity contribution in [1.29, 1.82) is 0 Å². The molecular formula is C8H10O2. The Labute approximate surface area is 60.2 Å². The summed E-state index contributed by atoms with van der Waals surface area (Å²) in [5.41, 5.74) is 0.931. The van der Waals surface area contributed by atoms with Crippen molar-refractivity contribution in [3.05, 3.63) is 23.8 Å². The van der Waals surface area contributed by atoms with Crippen molar-refractivity contribution in [3.63, 3.8) is 0 Å². The summed E-state index contributed by atoms with van der Waals surface area (Å²) < 4.78 is 0. The summed E-state index contributed by atoms with van der Waals surface area (Å²) in [6.07, 6.45) is 4.47.